The first-order valence-electron chi connectivity index (χ1n) is 10.2. The standard InChI is InChI=1S/C23H27ClN4O4S/c1-15-12-17(24)10-11-18(15)25-14-26(4)21(29)27(5)33-28(6)22(30)31-19-9-7-8-16-13-23(2,3)32-20(16)19/h7-12,14H,13H2,1-6H3. The summed E-state index contributed by atoms with van der Waals surface area (Å²) in [4.78, 5) is 30.9. The first-order valence-corrected chi connectivity index (χ1v) is 11.3. The number of hydrogen-bond acceptors (Lipinski definition) is 6. The number of hydrogen-bond donors (Lipinski definition) is 0. The van der Waals surface area contributed by atoms with E-state index in [1.165, 1.54) is 26.9 Å². The Balaban J connectivity index is 1.58. The summed E-state index contributed by atoms with van der Waals surface area (Å²) in [5.74, 6) is 0.930. The second-order valence-corrected chi connectivity index (χ2v) is 9.99. The summed E-state index contributed by atoms with van der Waals surface area (Å²) in [6, 6.07) is 10.4. The third-order valence-electron chi connectivity index (χ3n) is 4.85. The molecule has 10 heteroatoms. The summed E-state index contributed by atoms with van der Waals surface area (Å²) in [5.41, 5.74) is 2.24. The molecule has 0 saturated carbocycles. The van der Waals surface area contributed by atoms with E-state index >= 15 is 0 Å². The van der Waals surface area contributed by atoms with Crippen LogP contribution in [0.15, 0.2) is 41.4 Å². The molecule has 2 aromatic rings. The van der Waals surface area contributed by atoms with Gasteiger partial charge in [-0.05, 0) is 50.6 Å². The number of carbonyl (C=O) groups excluding carboxylic acids is 2. The van der Waals surface area contributed by atoms with Crippen LogP contribution in [-0.2, 0) is 6.42 Å². The Kier molecular flexibility index (Phi) is 7.44. The van der Waals surface area contributed by atoms with E-state index in [0.717, 1.165) is 29.7 Å². The van der Waals surface area contributed by atoms with Crippen molar-refractivity contribution in [3.63, 3.8) is 0 Å². The smallest absolute Gasteiger partial charge is 0.426 e. The van der Waals surface area contributed by atoms with Gasteiger partial charge in [-0.2, -0.15) is 0 Å². The van der Waals surface area contributed by atoms with E-state index in [2.05, 4.69) is 4.99 Å². The van der Waals surface area contributed by atoms with Gasteiger partial charge in [-0.3, -0.25) is 9.21 Å². The molecule has 0 aliphatic carbocycles. The molecule has 1 heterocycles. The van der Waals surface area contributed by atoms with E-state index in [-0.39, 0.29) is 11.6 Å². The molecule has 3 rings (SSSR count). The van der Waals surface area contributed by atoms with Crippen molar-refractivity contribution in [1.82, 2.24) is 13.5 Å². The molecule has 0 radical (unpaired) electrons. The lowest BCUT2D eigenvalue weighted by molar-refractivity contribution is 0.131. The van der Waals surface area contributed by atoms with Gasteiger partial charge in [-0.25, -0.2) is 18.9 Å². The van der Waals surface area contributed by atoms with Gasteiger partial charge >= 0.3 is 12.1 Å². The molecule has 33 heavy (non-hydrogen) atoms. The fourth-order valence-corrected chi connectivity index (χ4v) is 4.16. The summed E-state index contributed by atoms with van der Waals surface area (Å²) in [7, 11) is 4.66. The Hall–Kier alpha value is -2.91. The van der Waals surface area contributed by atoms with Crippen LogP contribution in [0, 0.1) is 6.92 Å². The molecule has 0 N–H and O–H groups in total. The summed E-state index contributed by atoms with van der Waals surface area (Å²) >= 11 is 6.87. The fourth-order valence-electron chi connectivity index (χ4n) is 3.26. The highest BCUT2D eigenvalue weighted by Crippen LogP contribution is 2.42. The zero-order valence-electron chi connectivity index (χ0n) is 19.5. The van der Waals surface area contributed by atoms with Gasteiger partial charge in [-0.15, -0.1) is 0 Å². The lowest BCUT2D eigenvalue weighted by Crippen LogP contribution is -2.37. The molecule has 1 aliphatic rings. The summed E-state index contributed by atoms with van der Waals surface area (Å²) < 4.78 is 14.0. The van der Waals surface area contributed by atoms with Gasteiger partial charge in [0.25, 0.3) is 0 Å². The third-order valence-corrected chi connectivity index (χ3v) is 5.88. The largest absolute Gasteiger partial charge is 0.483 e. The Bertz CT molecular complexity index is 1090. The van der Waals surface area contributed by atoms with Crippen LogP contribution < -0.4 is 9.47 Å². The van der Waals surface area contributed by atoms with Crippen molar-refractivity contribution in [1.29, 1.82) is 0 Å². The van der Waals surface area contributed by atoms with E-state index in [1.807, 2.05) is 32.9 Å². The van der Waals surface area contributed by atoms with Gasteiger partial charge in [0.2, 0.25) is 0 Å². The fraction of sp³-hybridized carbons (Fsp3) is 0.348. The number of carbonyl (C=O) groups is 2. The van der Waals surface area contributed by atoms with Gasteiger partial charge < -0.3 is 9.47 Å². The average molecular weight is 491 g/mol. The van der Waals surface area contributed by atoms with E-state index in [0.29, 0.717) is 22.2 Å². The number of para-hydroxylation sites is 1. The minimum Gasteiger partial charge on any atom is -0.483 e. The first kappa shape index (κ1) is 24.7. The van der Waals surface area contributed by atoms with E-state index in [9.17, 15) is 9.59 Å². The molecule has 8 nitrogen and oxygen atoms in total. The molecule has 0 saturated heterocycles. The second kappa shape index (κ2) is 9.93. The number of aliphatic imine (C=N–C) groups is 1. The number of benzene rings is 2. The van der Waals surface area contributed by atoms with Crippen LogP contribution in [0.3, 0.4) is 0 Å². The molecule has 0 unspecified atom stereocenters. The highest BCUT2D eigenvalue weighted by atomic mass is 35.5. The molecule has 3 amide bonds. The van der Waals surface area contributed by atoms with E-state index in [1.54, 1.807) is 38.4 Å². The molecular formula is C23H27ClN4O4S. The topological polar surface area (TPSA) is 74.7 Å². The summed E-state index contributed by atoms with van der Waals surface area (Å²) in [5, 5.41) is 0.623. The van der Waals surface area contributed by atoms with Crippen molar-refractivity contribution in [2.75, 3.05) is 21.1 Å². The number of amides is 3. The van der Waals surface area contributed by atoms with Crippen molar-refractivity contribution in [2.45, 2.75) is 32.8 Å². The van der Waals surface area contributed by atoms with E-state index < -0.39 is 6.09 Å². The maximum absolute atomic E-state index is 12.7. The van der Waals surface area contributed by atoms with Crippen molar-refractivity contribution >= 4 is 47.9 Å². The Morgan fingerprint density at radius 3 is 2.61 bits per heavy atom. The number of urea groups is 1. The normalized spacial score (nSPS) is 13.9. The molecule has 0 spiro atoms. The molecule has 0 atom stereocenters. The molecule has 0 aromatic heterocycles. The van der Waals surface area contributed by atoms with Crippen LogP contribution in [0.25, 0.3) is 0 Å². The highest BCUT2D eigenvalue weighted by molar-refractivity contribution is 7.95. The SMILES string of the molecule is Cc1cc(Cl)ccc1N=CN(C)C(=O)N(C)SN(C)C(=O)Oc1cccc2c1OC(C)(C)C2. The van der Waals surface area contributed by atoms with E-state index in [4.69, 9.17) is 21.1 Å². The van der Waals surface area contributed by atoms with Crippen LogP contribution in [0.2, 0.25) is 5.02 Å². The number of ether oxygens (including phenoxy) is 2. The first-order chi connectivity index (χ1) is 15.5. The third kappa shape index (κ3) is 6.11. The number of rotatable bonds is 5. The predicted octanol–water partition coefficient (Wildman–Crippen LogP) is 5.70. The Morgan fingerprint density at radius 1 is 1.18 bits per heavy atom. The Labute approximate surface area is 203 Å². The molecule has 176 valence electrons. The minimum atomic E-state index is -0.630. The number of aryl methyl sites for hydroxylation is 1. The minimum absolute atomic E-state index is 0.352. The molecule has 1 aliphatic heterocycles. The summed E-state index contributed by atoms with van der Waals surface area (Å²) in [6.07, 6.45) is 1.52. The van der Waals surface area contributed by atoms with Crippen molar-refractivity contribution in [2.24, 2.45) is 4.99 Å². The van der Waals surface area contributed by atoms with Gasteiger partial charge in [-0.1, -0.05) is 23.7 Å². The molecule has 2 aromatic carbocycles. The second-order valence-electron chi connectivity index (χ2n) is 8.30. The number of halogens is 1. The van der Waals surface area contributed by atoms with Crippen LogP contribution in [0.5, 0.6) is 11.5 Å². The van der Waals surface area contributed by atoms with Gasteiger partial charge in [0, 0.05) is 38.1 Å². The zero-order valence-corrected chi connectivity index (χ0v) is 21.0. The Morgan fingerprint density at radius 2 is 1.91 bits per heavy atom. The maximum atomic E-state index is 12.7. The quantitative estimate of drug-likeness (QED) is 0.305. The van der Waals surface area contributed by atoms with Crippen LogP contribution in [-0.4, -0.2) is 58.7 Å². The lowest BCUT2D eigenvalue weighted by Gasteiger charge is -2.24. The van der Waals surface area contributed by atoms with Gasteiger partial charge in [0.05, 0.1) is 24.2 Å². The molecule has 0 bridgehead atoms. The van der Waals surface area contributed by atoms with Gasteiger partial charge in [0.1, 0.15) is 5.60 Å². The predicted molar refractivity (Wildman–Crippen MR) is 131 cm³/mol. The zero-order chi connectivity index (χ0) is 24.3. The van der Waals surface area contributed by atoms with Crippen LogP contribution >= 0.6 is 23.7 Å². The van der Waals surface area contributed by atoms with Crippen LogP contribution in [0.1, 0.15) is 25.0 Å². The number of fused-ring (bicyclic) bond motifs is 1. The maximum Gasteiger partial charge on any atom is 0.426 e. The lowest BCUT2D eigenvalue weighted by atomic mass is 10.0. The van der Waals surface area contributed by atoms with Crippen molar-refractivity contribution < 1.29 is 19.1 Å². The van der Waals surface area contributed by atoms with Crippen molar-refractivity contribution in [3.05, 3.63) is 52.5 Å². The molecule has 0 fully saturated rings. The van der Waals surface area contributed by atoms with Crippen molar-refractivity contribution in [3.8, 4) is 11.5 Å². The van der Waals surface area contributed by atoms with Crippen LogP contribution in [0.4, 0.5) is 15.3 Å². The number of nitrogens with zero attached hydrogens (tertiary/aromatic N) is 4. The average Bonchev–Trinajstić information content (AvgIpc) is 3.07. The highest BCUT2D eigenvalue weighted by Gasteiger charge is 2.33. The molecular weight excluding hydrogens is 464 g/mol. The van der Waals surface area contributed by atoms with Gasteiger partial charge in [0.15, 0.2) is 11.5 Å². The summed E-state index contributed by atoms with van der Waals surface area (Å²) in [6.45, 7) is 5.85. The monoisotopic (exact) mass is 490 g/mol.